The summed E-state index contributed by atoms with van der Waals surface area (Å²) in [7, 11) is 3.17. The molecule has 0 bridgehead atoms. The highest BCUT2D eigenvalue weighted by molar-refractivity contribution is 7.17. The summed E-state index contributed by atoms with van der Waals surface area (Å²) in [5, 5.41) is 9.76. The molecule has 1 heterocycles. The van der Waals surface area contributed by atoms with E-state index in [2.05, 4.69) is 11.1 Å². The first-order valence-electron chi connectivity index (χ1n) is 8.33. The van der Waals surface area contributed by atoms with Crippen molar-refractivity contribution in [2.75, 3.05) is 27.3 Å². The average Bonchev–Trinajstić information content (AvgIpc) is 3.06. The third-order valence-corrected chi connectivity index (χ3v) is 5.20. The van der Waals surface area contributed by atoms with Crippen LogP contribution >= 0.6 is 11.3 Å². The second-order valence-corrected chi connectivity index (χ2v) is 6.88. The molecule has 1 aromatic carbocycles. The Kier molecular flexibility index (Phi) is 6.58. The Balaban J connectivity index is 2.34. The lowest BCUT2D eigenvalue weighted by molar-refractivity contribution is 0.0756. The van der Waals surface area contributed by atoms with Gasteiger partial charge in [-0.1, -0.05) is 0 Å². The third kappa shape index (κ3) is 4.14. The van der Waals surface area contributed by atoms with Crippen molar-refractivity contribution < 1.29 is 14.3 Å². The summed E-state index contributed by atoms with van der Waals surface area (Å²) in [5.74, 6) is 0.959. The van der Waals surface area contributed by atoms with E-state index in [1.54, 1.807) is 19.1 Å². The predicted molar refractivity (Wildman–Crippen MR) is 102 cm³/mol. The number of hydrogen-bond acceptors (Lipinski definition) is 6. The molecule has 0 saturated carbocycles. The van der Waals surface area contributed by atoms with Gasteiger partial charge < -0.3 is 14.4 Å². The number of ether oxygens (including phenoxy) is 2. The SMILES string of the molecule is CCN(CC(C)C#N)C(=O)c1sc(-c2ccc(OC)c(OC)c2)nc1C. The van der Waals surface area contributed by atoms with Crippen molar-refractivity contribution in [2.45, 2.75) is 20.8 Å². The van der Waals surface area contributed by atoms with Gasteiger partial charge in [0.25, 0.3) is 5.91 Å². The number of carbonyl (C=O) groups excluding carboxylic acids is 1. The van der Waals surface area contributed by atoms with Gasteiger partial charge in [-0.3, -0.25) is 4.79 Å². The van der Waals surface area contributed by atoms with Crippen LogP contribution in [-0.4, -0.2) is 43.1 Å². The van der Waals surface area contributed by atoms with E-state index in [-0.39, 0.29) is 11.8 Å². The number of rotatable bonds is 7. The van der Waals surface area contributed by atoms with E-state index >= 15 is 0 Å². The van der Waals surface area contributed by atoms with Gasteiger partial charge in [-0.15, -0.1) is 11.3 Å². The maximum absolute atomic E-state index is 12.9. The van der Waals surface area contributed by atoms with E-state index < -0.39 is 0 Å². The number of benzene rings is 1. The number of nitriles is 1. The summed E-state index contributed by atoms with van der Waals surface area (Å²) in [5.41, 5.74) is 1.55. The lowest BCUT2D eigenvalue weighted by Gasteiger charge is -2.21. The zero-order chi connectivity index (χ0) is 19.3. The van der Waals surface area contributed by atoms with Crippen LogP contribution in [0.5, 0.6) is 11.5 Å². The highest BCUT2D eigenvalue weighted by Gasteiger charge is 2.22. The van der Waals surface area contributed by atoms with Gasteiger partial charge in [0.05, 0.1) is 31.9 Å². The molecule has 138 valence electrons. The lowest BCUT2D eigenvalue weighted by Crippen LogP contribution is -2.34. The number of hydrogen-bond donors (Lipinski definition) is 0. The number of aromatic nitrogens is 1. The Bertz CT molecular complexity index is 826. The van der Waals surface area contributed by atoms with Crippen molar-refractivity contribution in [2.24, 2.45) is 5.92 Å². The van der Waals surface area contributed by atoms with Gasteiger partial charge in [-0.25, -0.2) is 4.98 Å². The molecule has 2 aromatic rings. The van der Waals surface area contributed by atoms with Crippen molar-refractivity contribution in [3.63, 3.8) is 0 Å². The van der Waals surface area contributed by atoms with Crippen LogP contribution in [0.3, 0.4) is 0 Å². The minimum atomic E-state index is -0.211. The summed E-state index contributed by atoms with van der Waals surface area (Å²) in [6.45, 7) is 6.51. The summed E-state index contributed by atoms with van der Waals surface area (Å²) in [4.78, 5) is 19.7. The normalized spacial score (nSPS) is 11.5. The lowest BCUT2D eigenvalue weighted by atomic mass is 10.2. The molecule has 0 fully saturated rings. The first-order valence-corrected chi connectivity index (χ1v) is 9.15. The molecular formula is C19H23N3O3S. The molecule has 7 heteroatoms. The van der Waals surface area contributed by atoms with Gasteiger partial charge >= 0.3 is 0 Å². The van der Waals surface area contributed by atoms with Crippen LogP contribution in [0.25, 0.3) is 10.6 Å². The topological polar surface area (TPSA) is 75.5 Å². The minimum absolute atomic E-state index is 0.0867. The van der Waals surface area contributed by atoms with Gasteiger partial charge in [0.2, 0.25) is 0 Å². The van der Waals surface area contributed by atoms with Gasteiger partial charge in [0, 0.05) is 18.7 Å². The number of methoxy groups -OCH3 is 2. The highest BCUT2D eigenvalue weighted by atomic mass is 32.1. The molecule has 0 radical (unpaired) electrons. The number of amides is 1. The van der Waals surface area contributed by atoms with Gasteiger partial charge in [-0.05, 0) is 39.0 Å². The van der Waals surface area contributed by atoms with Crippen LogP contribution in [0.4, 0.5) is 0 Å². The van der Waals surface area contributed by atoms with Crippen molar-refractivity contribution in [1.29, 1.82) is 5.26 Å². The van der Waals surface area contributed by atoms with Gasteiger partial charge in [-0.2, -0.15) is 5.26 Å². The predicted octanol–water partition coefficient (Wildman–Crippen LogP) is 3.76. The average molecular weight is 373 g/mol. The summed E-state index contributed by atoms with van der Waals surface area (Å²) in [6.07, 6.45) is 0. The fourth-order valence-electron chi connectivity index (χ4n) is 2.56. The monoisotopic (exact) mass is 373 g/mol. The number of carbonyl (C=O) groups is 1. The molecule has 0 spiro atoms. The molecule has 0 saturated heterocycles. The van der Waals surface area contributed by atoms with E-state index in [4.69, 9.17) is 14.7 Å². The molecular weight excluding hydrogens is 350 g/mol. The summed E-state index contributed by atoms with van der Waals surface area (Å²) >= 11 is 1.35. The van der Waals surface area contributed by atoms with E-state index in [1.165, 1.54) is 11.3 Å². The van der Waals surface area contributed by atoms with Gasteiger partial charge in [0.1, 0.15) is 9.88 Å². The van der Waals surface area contributed by atoms with Crippen LogP contribution in [0.1, 0.15) is 29.2 Å². The molecule has 0 aliphatic carbocycles. The van der Waals surface area contributed by atoms with Crippen LogP contribution in [-0.2, 0) is 0 Å². The number of aryl methyl sites for hydroxylation is 1. The fraction of sp³-hybridized carbons (Fsp3) is 0.421. The maximum atomic E-state index is 12.9. The largest absolute Gasteiger partial charge is 0.493 e. The Morgan fingerprint density at radius 3 is 2.62 bits per heavy atom. The molecule has 1 amide bonds. The van der Waals surface area contributed by atoms with Crippen LogP contribution in [0.15, 0.2) is 18.2 Å². The fourth-order valence-corrected chi connectivity index (χ4v) is 3.59. The minimum Gasteiger partial charge on any atom is -0.493 e. The van der Waals surface area contributed by atoms with Crippen LogP contribution < -0.4 is 9.47 Å². The Morgan fingerprint density at radius 1 is 1.35 bits per heavy atom. The van der Waals surface area contributed by atoms with E-state index in [1.807, 2.05) is 39.0 Å². The molecule has 0 N–H and O–H groups in total. The Hall–Kier alpha value is -2.59. The van der Waals surface area contributed by atoms with Crippen molar-refractivity contribution in [3.8, 4) is 28.1 Å². The summed E-state index contributed by atoms with van der Waals surface area (Å²) < 4.78 is 10.6. The first-order chi connectivity index (χ1) is 12.4. The van der Waals surface area contributed by atoms with Crippen molar-refractivity contribution in [1.82, 2.24) is 9.88 Å². The van der Waals surface area contributed by atoms with Gasteiger partial charge in [0.15, 0.2) is 11.5 Å². The second-order valence-electron chi connectivity index (χ2n) is 5.88. The highest BCUT2D eigenvalue weighted by Crippen LogP contribution is 2.35. The number of nitrogens with zero attached hydrogens (tertiary/aromatic N) is 3. The smallest absolute Gasteiger partial charge is 0.265 e. The third-order valence-electron chi connectivity index (χ3n) is 4.00. The molecule has 1 aromatic heterocycles. The number of thiazole rings is 1. The van der Waals surface area contributed by atoms with E-state index in [0.717, 1.165) is 10.6 Å². The molecule has 2 rings (SSSR count). The Morgan fingerprint density at radius 2 is 2.04 bits per heavy atom. The van der Waals surface area contributed by atoms with Crippen LogP contribution in [0, 0.1) is 24.2 Å². The quantitative estimate of drug-likeness (QED) is 0.739. The maximum Gasteiger partial charge on any atom is 0.265 e. The molecule has 6 nitrogen and oxygen atoms in total. The van der Waals surface area contributed by atoms with Crippen molar-refractivity contribution >= 4 is 17.2 Å². The molecule has 1 atom stereocenters. The van der Waals surface area contributed by atoms with Crippen LogP contribution in [0.2, 0.25) is 0 Å². The second kappa shape index (κ2) is 8.68. The first kappa shape index (κ1) is 19.7. The zero-order valence-corrected chi connectivity index (χ0v) is 16.5. The molecule has 1 unspecified atom stereocenters. The van der Waals surface area contributed by atoms with E-state index in [0.29, 0.717) is 35.2 Å². The standard InChI is InChI=1S/C19H23N3O3S/c1-6-22(11-12(2)10-20)19(23)17-13(3)21-18(26-17)14-7-8-15(24-4)16(9-14)25-5/h7-9,12H,6,11H2,1-5H3. The van der Waals surface area contributed by atoms with E-state index in [9.17, 15) is 4.79 Å². The molecule has 0 aliphatic heterocycles. The van der Waals surface area contributed by atoms with Crippen molar-refractivity contribution in [3.05, 3.63) is 28.8 Å². The zero-order valence-electron chi connectivity index (χ0n) is 15.7. The molecule has 0 aliphatic rings. The Labute approximate surface area is 158 Å². The summed E-state index contributed by atoms with van der Waals surface area (Å²) in [6, 6.07) is 7.73. The molecule has 26 heavy (non-hydrogen) atoms.